The predicted octanol–water partition coefficient (Wildman–Crippen LogP) is 3.88. The summed E-state index contributed by atoms with van der Waals surface area (Å²) in [7, 11) is 0. The minimum absolute atomic E-state index is 0.0989. The topological polar surface area (TPSA) is 44.8 Å². The van der Waals surface area contributed by atoms with Crippen LogP contribution in [0.25, 0.3) is 0 Å². The number of carbonyl (C=O) groups excluding carboxylic acids is 1. The Labute approximate surface area is 171 Å². The van der Waals surface area contributed by atoms with E-state index in [-0.39, 0.29) is 6.09 Å². The van der Waals surface area contributed by atoms with Crippen LogP contribution < -0.4 is 5.32 Å². The molecule has 4 rings (SSSR count). The summed E-state index contributed by atoms with van der Waals surface area (Å²) in [5.41, 5.74) is 0.202. The van der Waals surface area contributed by atoms with Crippen LogP contribution in [0.3, 0.4) is 0 Å². The summed E-state index contributed by atoms with van der Waals surface area (Å²) < 4.78 is 5.68. The average Bonchev–Trinajstić information content (AvgIpc) is 3.30. The van der Waals surface area contributed by atoms with E-state index >= 15 is 0 Å². The maximum absolute atomic E-state index is 12.7. The van der Waals surface area contributed by atoms with Crippen molar-refractivity contribution in [3.63, 3.8) is 0 Å². The van der Waals surface area contributed by atoms with Gasteiger partial charge in [0.1, 0.15) is 5.60 Å². The first kappa shape index (κ1) is 20.5. The Morgan fingerprint density at radius 2 is 1.89 bits per heavy atom. The highest BCUT2D eigenvalue weighted by molar-refractivity contribution is 5.69. The molecule has 3 aliphatic heterocycles. The van der Waals surface area contributed by atoms with Gasteiger partial charge in [0.25, 0.3) is 0 Å². The van der Waals surface area contributed by atoms with Gasteiger partial charge < -0.3 is 19.9 Å². The smallest absolute Gasteiger partial charge is 0.410 e. The molecular weight excluding hydrogens is 350 g/mol. The molecule has 0 aromatic carbocycles. The molecule has 1 N–H and O–H groups in total. The van der Waals surface area contributed by atoms with Gasteiger partial charge in [0.2, 0.25) is 0 Å². The van der Waals surface area contributed by atoms with Crippen LogP contribution in [0.2, 0.25) is 0 Å². The van der Waals surface area contributed by atoms with E-state index in [2.05, 4.69) is 17.1 Å². The third-order valence-electron chi connectivity index (χ3n) is 8.10. The van der Waals surface area contributed by atoms with Gasteiger partial charge in [-0.3, -0.25) is 0 Å². The molecule has 1 spiro atoms. The zero-order valence-corrected chi connectivity index (χ0v) is 18.5. The zero-order valence-electron chi connectivity index (χ0n) is 18.5. The summed E-state index contributed by atoms with van der Waals surface area (Å²) in [6.07, 6.45) is 8.76. The Balaban J connectivity index is 1.31. The minimum Gasteiger partial charge on any atom is -0.444 e. The SMILES string of the molecule is CCC1C(N2CCC([C@@H]3CCCN3C(=O)OC(C)(C)C)CC2)CC12CCNC2. The molecular formula is C23H41N3O2. The lowest BCUT2D eigenvalue weighted by Crippen LogP contribution is -2.61. The second kappa shape index (κ2) is 7.79. The van der Waals surface area contributed by atoms with Gasteiger partial charge in [-0.05, 0) is 96.2 Å². The van der Waals surface area contributed by atoms with E-state index in [1.165, 1.54) is 58.3 Å². The molecule has 0 aromatic heterocycles. The zero-order chi connectivity index (χ0) is 19.9. The molecule has 3 unspecified atom stereocenters. The van der Waals surface area contributed by atoms with Crippen LogP contribution in [-0.2, 0) is 4.74 Å². The number of carbonyl (C=O) groups is 1. The number of rotatable bonds is 3. The number of ether oxygens (including phenoxy) is 1. The van der Waals surface area contributed by atoms with Crippen LogP contribution in [0.5, 0.6) is 0 Å². The maximum Gasteiger partial charge on any atom is 0.410 e. The monoisotopic (exact) mass is 391 g/mol. The molecule has 0 aromatic rings. The van der Waals surface area contributed by atoms with Gasteiger partial charge in [0.05, 0.1) is 0 Å². The Morgan fingerprint density at radius 3 is 2.50 bits per heavy atom. The summed E-state index contributed by atoms with van der Waals surface area (Å²) in [5, 5.41) is 3.61. The highest BCUT2D eigenvalue weighted by atomic mass is 16.6. The molecule has 4 fully saturated rings. The molecule has 28 heavy (non-hydrogen) atoms. The fraction of sp³-hybridized carbons (Fsp3) is 0.957. The van der Waals surface area contributed by atoms with Crippen molar-refractivity contribution in [3.8, 4) is 0 Å². The number of piperidine rings is 1. The van der Waals surface area contributed by atoms with E-state index in [0.29, 0.717) is 17.4 Å². The van der Waals surface area contributed by atoms with Crippen molar-refractivity contribution in [3.05, 3.63) is 0 Å². The number of hydrogen-bond donors (Lipinski definition) is 1. The molecule has 1 aliphatic carbocycles. The van der Waals surface area contributed by atoms with Crippen molar-refractivity contribution < 1.29 is 9.53 Å². The standard InChI is InChI=1S/C23H41N3O2/c1-5-18-20(15-23(18)10-11-24-16-23)25-13-8-17(9-14-25)19-7-6-12-26(19)21(27)28-22(2,3)4/h17-20,24H,5-16H2,1-4H3/t18?,19-,20?,23?/m0/s1. The van der Waals surface area contributed by atoms with Gasteiger partial charge in [-0.25, -0.2) is 4.79 Å². The first-order valence-electron chi connectivity index (χ1n) is 11.8. The van der Waals surface area contributed by atoms with Gasteiger partial charge in [-0.2, -0.15) is 0 Å². The average molecular weight is 392 g/mol. The van der Waals surface area contributed by atoms with E-state index in [9.17, 15) is 4.79 Å². The Kier molecular flexibility index (Phi) is 5.69. The lowest BCUT2D eigenvalue weighted by Gasteiger charge is -2.58. The van der Waals surface area contributed by atoms with Crippen LogP contribution in [0.4, 0.5) is 4.79 Å². The van der Waals surface area contributed by atoms with Crippen LogP contribution >= 0.6 is 0 Å². The number of nitrogens with one attached hydrogen (secondary N) is 1. The normalized spacial score (nSPS) is 37.4. The second-order valence-electron chi connectivity index (χ2n) is 10.8. The molecule has 1 amide bonds. The Hall–Kier alpha value is -0.810. The molecule has 0 radical (unpaired) electrons. The van der Waals surface area contributed by atoms with E-state index in [1.807, 2.05) is 25.7 Å². The summed E-state index contributed by atoms with van der Waals surface area (Å²) in [4.78, 5) is 17.5. The lowest BCUT2D eigenvalue weighted by atomic mass is 9.54. The molecule has 5 nitrogen and oxygen atoms in total. The number of amides is 1. The Bertz CT molecular complexity index is 559. The van der Waals surface area contributed by atoms with Gasteiger partial charge in [-0.1, -0.05) is 13.3 Å². The largest absolute Gasteiger partial charge is 0.444 e. The van der Waals surface area contributed by atoms with Crippen molar-refractivity contribution in [1.29, 1.82) is 0 Å². The van der Waals surface area contributed by atoms with Crippen molar-refractivity contribution >= 4 is 6.09 Å². The van der Waals surface area contributed by atoms with Crippen molar-refractivity contribution in [2.75, 3.05) is 32.7 Å². The Morgan fingerprint density at radius 1 is 1.14 bits per heavy atom. The minimum atomic E-state index is -0.405. The van der Waals surface area contributed by atoms with Crippen molar-refractivity contribution in [2.24, 2.45) is 17.3 Å². The molecule has 3 heterocycles. The van der Waals surface area contributed by atoms with E-state index in [4.69, 9.17) is 4.74 Å². The van der Waals surface area contributed by atoms with Gasteiger partial charge in [-0.15, -0.1) is 0 Å². The molecule has 3 saturated heterocycles. The first-order chi connectivity index (χ1) is 13.3. The summed E-state index contributed by atoms with van der Waals surface area (Å²) >= 11 is 0. The third kappa shape index (κ3) is 3.81. The number of nitrogens with zero attached hydrogens (tertiary/aromatic N) is 2. The molecule has 1 saturated carbocycles. The first-order valence-corrected chi connectivity index (χ1v) is 11.8. The summed E-state index contributed by atoms with van der Waals surface area (Å²) in [5.74, 6) is 1.53. The quantitative estimate of drug-likeness (QED) is 0.793. The highest BCUT2D eigenvalue weighted by Gasteiger charge is 2.55. The summed E-state index contributed by atoms with van der Waals surface area (Å²) in [6.45, 7) is 14.0. The number of hydrogen-bond acceptors (Lipinski definition) is 4. The lowest BCUT2D eigenvalue weighted by molar-refractivity contribution is -0.0789. The summed E-state index contributed by atoms with van der Waals surface area (Å²) in [6, 6.07) is 1.20. The van der Waals surface area contributed by atoms with Gasteiger partial charge >= 0.3 is 6.09 Å². The highest BCUT2D eigenvalue weighted by Crippen LogP contribution is 2.54. The van der Waals surface area contributed by atoms with Crippen LogP contribution in [0, 0.1) is 17.3 Å². The van der Waals surface area contributed by atoms with Gasteiger partial charge in [0.15, 0.2) is 0 Å². The molecule has 4 atom stereocenters. The molecule has 160 valence electrons. The fourth-order valence-electron chi connectivity index (χ4n) is 6.77. The fourth-order valence-corrected chi connectivity index (χ4v) is 6.77. The van der Waals surface area contributed by atoms with E-state index in [1.54, 1.807) is 0 Å². The maximum atomic E-state index is 12.7. The third-order valence-corrected chi connectivity index (χ3v) is 8.10. The second-order valence-corrected chi connectivity index (χ2v) is 10.8. The van der Waals surface area contributed by atoms with Crippen LogP contribution in [0.1, 0.15) is 72.6 Å². The molecule has 0 bridgehead atoms. The predicted molar refractivity (Wildman–Crippen MR) is 112 cm³/mol. The van der Waals surface area contributed by atoms with Gasteiger partial charge in [0, 0.05) is 25.2 Å². The number of likely N-dealkylation sites (tertiary alicyclic amines) is 2. The molecule has 4 aliphatic rings. The van der Waals surface area contributed by atoms with Crippen molar-refractivity contribution in [2.45, 2.75) is 90.3 Å². The van der Waals surface area contributed by atoms with Crippen LogP contribution in [0.15, 0.2) is 0 Å². The van der Waals surface area contributed by atoms with E-state index < -0.39 is 5.60 Å². The molecule has 5 heteroatoms. The van der Waals surface area contributed by atoms with Crippen molar-refractivity contribution in [1.82, 2.24) is 15.1 Å². The van der Waals surface area contributed by atoms with Crippen LogP contribution in [-0.4, -0.2) is 66.3 Å². The van der Waals surface area contributed by atoms with E-state index in [0.717, 1.165) is 31.3 Å².